The number of carbonyl (C=O) groups is 1. The fourth-order valence-corrected chi connectivity index (χ4v) is 3.49. The average Bonchev–Trinajstić information content (AvgIpc) is 2.57. The molecule has 2 aliphatic rings. The standard InChI is InChI=1S/C17H26N4O/c1-14-13-21(12-9-18-14)16(15-7-3-4-8-19-15)17(22)20-10-5-2-6-11-20/h3-4,7-8,14,16,18H,2,5-6,9-13H2,1H3. The molecule has 1 aromatic heterocycles. The third-order valence-corrected chi connectivity index (χ3v) is 4.63. The highest BCUT2D eigenvalue weighted by Crippen LogP contribution is 2.24. The van der Waals surface area contributed by atoms with E-state index in [2.05, 4.69) is 22.1 Å². The maximum Gasteiger partial charge on any atom is 0.246 e. The van der Waals surface area contributed by atoms with Crippen LogP contribution < -0.4 is 5.32 Å². The second kappa shape index (κ2) is 7.20. The number of hydrogen-bond acceptors (Lipinski definition) is 4. The van der Waals surface area contributed by atoms with Gasteiger partial charge in [-0.05, 0) is 38.3 Å². The van der Waals surface area contributed by atoms with Gasteiger partial charge in [-0.2, -0.15) is 0 Å². The number of likely N-dealkylation sites (tertiary alicyclic amines) is 1. The van der Waals surface area contributed by atoms with E-state index < -0.39 is 0 Å². The van der Waals surface area contributed by atoms with E-state index in [-0.39, 0.29) is 11.9 Å². The molecule has 3 heterocycles. The molecule has 2 fully saturated rings. The van der Waals surface area contributed by atoms with Gasteiger partial charge < -0.3 is 10.2 Å². The molecule has 2 saturated heterocycles. The zero-order valence-corrected chi connectivity index (χ0v) is 13.4. The third kappa shape index (κ3) is 3.47. The molecular weight excluding hydrogens is 276 g/mol. The lowest BCUT2D eigenvalue weighted by Crippen LogP contribution is -2.54. The lowest BCUT2D eigenvalue weighted by atomic mass is 10.0. The summed E-state index contributed by atoms with van der Waals surface area (Å²) in [5.74, 6) is 0.229. The summed E-state index contributed by atoms with van der Waals surface area (Å²) in [6.45, 7) is 6.67. The van der Waals surface area contributed by atoms with Crippen molar-refractivity contribution in [2.24, 2.45) is 0 Å². The second-order valence-corrected chi connectivity index (χ2v) is 6.39. The average molecular weight is 302 g/mol. The maximum atomic E-state index is 13.1. The fraction of sp³-hybridized carbons (Fsp3) is 0.647. The van der Waals surface area contributed by atoms with Gasteiger partial charge in [0.05, 0.1) is 5.69 Å². The Morgan fingerprint density at radius 3 is 2.77 bits per heavy atom. The number of nitrogens with one attached hydrogen (secondary N) is 1. The summed E-state index contributed by atoms with van der Waals surface area (Å²) in [7, 11) is 0. The van der Waals surface area contributed by atoms with E-state index in [0.29, 0.717) is 6.04 Å². The predicted octanol–water partition coefficient (Wildman–Crippen LogP) is 1.43. The quantitative estimate of drug-likeness (QED) is 0.917. The van der Waals surface area contributed by atoms with E-state index in [1.54, 1.807) is 6.20 Å². The molecule has 0 radical (unpaired) electrons. The molecule has 5 nitrogen and oxygen atoms in total. The summed E-state index contributed by atoms with van der Waals surface area (Å²) in [6.07, 6.45) is 5.28. The van der Waals surface area contributed by atoms with Crippen LogP contribution in [0.25, 0.3) is 0 Å². The Bertz CT molecular complexity index is 487. The number of carbonyl (C=O) groups excluding carboxylic acids is 1. The SMILES string of the molecule is CC1CN(C(C(=O)N2CCCCC2)c2ccccn2)CCN1. The van der Waals surface area contributed by atoms with E-state index >= 15 is 0 Å². The first kappa shape index (κ1) is 15.4. The Kier molecular flexibility index (Phi) is 5.05. The number of rotatable bonds is 3. The van der Waals surface area contributed by atoms with Crippen molar-refractivity contribution in [3.63, 3.8) is 0 Å². The van der Waals surface area contributed by atoms with Gasteiger partial charge in [-0.3, -0.25) is 14.7 Å². The van der Waals surface area contributed by atoms with Gasteiger partial charge in [0.2, 0.25) is 5.91 Å². The third-order valence-electron chi connectivity index (χ3n) is 4.63. The summed E-state index contributed by atoms with van der Waals surface area (Å²) in [6, 6.07) is 6.05. The van der Waals surface area contributed by atoms with Crippen LogP contribution in [0.15, 0.2) is 24.4 Å². The van der Waals surface area contributed by atoms with E-state index in [9.17, 15) is 4.79 Å². The van der Waals surface area contributed by atoms with E-state index in [1.807, 2.05) is 23.1 Å². The minimum atomic E-state index is -0.233. The van der Waals surface area contributed by atoms with Crippen molar-refractivity contribution in [3.8, 4) is 0 Å². The Morgan fingerprint density at radius 1 is 1.27 bits per heavy atom. The van der Waals surface area contributed by atoms with Gasteiger partial charge in [0, 0.05) is 45.0 Å². The number of pyridine rings is 1. The highest BCUT2D eigenvalue weighted by Gasteiger charge is 2.34. The largest absolute Gasteiger partial charge is 0.341 e. The first-order valence-corrected chi connectivity index (χ1v) is 8.43. The number of piperidine rings is 1. The van der Waals surface area contributed by atoms with Crippen LogP contribution in [0.3, 0.4) is 0 Å². The fourth-order valence-electron chi connectivity index (χ4n) is 3.49. The molecule has 0 spiro atoms. The van der Waals surface area contributed by atoms with Crippen LogP contribution in [0.1, 0.15) is 37.9 Å². The molecule has 1 N–H and O–H groups in total. The van der Waals surface area contributed by atoms with E-state index in [4.69, 9.17) is 0 Å². The number of piperazine rings is 1. The number of aromatic nitrogens is 1. The molecule has 120 valence electrons. The normalized spacial score (nSPS) is 25.0. The van der Waals surface area contributed by atoms with Gasteiger partial charge in [-0.1, -0.05) is 6.07 Å². The molecule has 2 aliphatic heterocycles. The van der Waals surface area contributed by atoms with Crippen molar-refractivity contribution >= 4 is 5.91 Å². The molecular formula is C17H26N4O. The van der Waals surface area contributed by atoms with Crippen molar-refractivity contribution < 1.29 is 4.79 Å². The topological polar surface area (TPSA) is 48.5 Å². The van der Waals surface area contributed by atoms with Crippen LogP contribution in [0, 0.1) is 0 Å². The smallest absolute Gasteiger partial charge is 0.246 e. The Hall–Kier alpha value is -1.46. The summed E-state index contributed by atoms with van der Waals surface area (Å²) in [5, 5.41) is 3.45. The molecule has 5 heteroatoms. The van der Waals surface area contributed by atoms with Crippen molar-refractivity contribution in [2.75, 3.05) is 32.7 Å². The molecule has 3 rings (SSSR count). The van der Waals surface area contributed by atoms with Crippen LogP contribution in [-0.2, 0) is 4.79 Å². The summed E-state index contributed by atoms with van der Waals surface area (Å²) >= 11 is 0. The molecule has 0 aromatic carbocycles. The van der Waals surface area contributed by atoms with Gasteiger partial charge in [0.1, 0.15) is 6.04 Å². The van der Waals surface area contributed by atoms with Gasteiger partial charge in [-0.25, -0.2) is 0 Å². The molecule has 22 heavy (non-hydrogen) atoms. The van der Waals surface area contributed by atoms with Crippen molar-refractivity contribution in [1.29, 1.82) is 0 Å². The molecule has 1 amide bonds. The summed E-state index contributed by atoms with van der Waals surface area (Å²) in [4.78, 5) is 21.9. The van der Waals surface area contributed by atoms with Crippen LogP contribution >= 0.6 is 0 Å². The Labute approximate surface area is 132 Å². The summed E-state index contributed by atoms with van der Waals surface area (Å²) in [5.41, 5.74) is 0.882. The molecule has 0 aliphatic carbocycles. The predicted molar refractivity (Wildman–Crippen MR) is 86.4 cm³/mol. The van der Waals surface area contributed by atoms with Crippen molar-refractivity contribution in [1.82, 2.24) is 20.1 Å². The zero-order valence-electron chi connectivity index (χ0n) is 13.4. The summed E-state index contributed by atoms with van der Waals surface area (Å²) < 4.78 is 0. The monoisotopic (exact) mass is 302 g/mol. The van der Waals surface area contributed by atoms with Crippen LogP contribution in [0.5, 0.6) is 0 Å². The minimum Gasteiger partial charge on any atom is -0.341 e. The van der Waals surface area contributed by atoms with E-state index in [0.717, 1.165) is 51.3 Å². The molecule has 0 bridgehead atoms. The molecule has 1 aromatic rings. The van der Waals surface area contributed by atoms with Crippen LogP contribution in [0.4, 0.5) is 0 Å². The van der Waals surface area contributed by atoms with Gasteiger partial charge in [0.15, 0.2) is 0 Å². The molecule has 0 saturated carbocycles. The van der Waals surface area contributed by atoms with Gasteiger partial charge in [-0.15, -0.1) is 0 Å². The zero-order chi connectivity index (χ0) is 15.4. The number of nitrogens with zero attached hydrogens (tertiary/aromatic N) is 3. The van der Waals surface area contributed by atoms with Gasteiger partial charge in [0.25, 0.3) is 0 Å². The van der Waals surface area contributed by atoms with Crippen LogP contribution in [-0.4, -0.2) is 59.5 Å². The first-order valence-electron chi connectivity index (χ1n) is 8.43. The highest BCUT2D eigenvalue weighted by atomic mass is 16.2. The van der Waals surface area contributed by atoms with Crippen LogP contribution in [0.2, 0.25) is 0 Å². The Morgan fingerprint density at radius 2 is 2.09 bits per heavy atom. The van der Waals surface area contributed by atoms with Gasteiger partial charge >= 0.3 is 0 Å². The number of amides is 1. The maximum absolute atomic E-state index is 13.1. The van der Waals surface area contributed by atoms with E-state index in [1.165, 1.54) is 6.42 Å². The van der Waals surface area contributed by atoms with Crippen molar-refractivity contribution in [2.45, 2.75) is 38.3 Å². The molecule has 2 unspecified atom stereocenters. The minimum absolute atomic E-state index is 0.229. The second-order valence-electron chi connectivity index (χ2n) is 6.39. The highest BCUT2D eigenvalue weighted by molar-refractivity contribution is 5.83. The lowest BCUT2D eigenvalue weighted by molar-refractivity contribution is -0.139. The number of hydrogen-bond donors (Lipinski definition) is 1. The lowest BCUT2D eigenvalue weighted by Gasteiger charge is -2.39. The Balaban J connectivity index is 1.83. The first-order chi connectivity index (χ1) is 10.8. The molecule has 2 atom stereocenters. The van der Waals surface area contributed by atoms with Crippen molar-refractivity contribution in [3.05, 3.63) is 30.1 Å².